The molecule has 4 nitrogen and oxygen atoms in total. The molecule has 1 fully saturated rings. The van der Waals surface area contributed by atoms with Gasteiger partial charge in [0.2, 0.25) is 0 Å². The summed E-state index contributed by atoms with van der Waals surface area (Å²) in [7, 11) is 0. The lowest BCUT2D eigenvalue weighted by molar-refractivity contribution is -0.185. The van der Waals surface area contributed by atoms with E-state index in [1.165, 1.54) is 0 Å². The zero-order chi connectivity index (χ0) is 12.9. The molecule has 0 aromatic carbocycles. The topological polar surface area (TPSA) is 61.8 Å². The van der Waals surface area contributed by atoms with Crippen LogP contribution in [-0.4, -0.2) is 41.8 Å². The van der Waals surface area contributed by atoms with Crippen LogP contribution in [0.2, 0.25) is 0 Å². The first-order valence-electron chi connectivity index (χ1n) is 5.69. The van der Waals surface area contributed by atoms with Crippen LogP contribution in [0.1, 0.15) is 25.7 Å². The smallest absolute Gasteiger partial charge is 0.391 e. The summed E-state index contributed by atoms with van der Waals surface area (Å²) in [6, 6.07) is 0. The maximum Gasteiger partial charge on any atom is 0.391 e. The standard InChI is InChI=1S/C10H18F3N3O/c11-10(12,13)8-3-6-16(7-4-8)5-1-2-9(14)15-17/h8,17H,1-7H2,(H2,14,15). The molecule has 100 valence electrons. The average molecular weight is 253 g/mol. The van der Waals surface area contributed by atoms with Crippen molar-refractivity contribution in [2.24, 2.45) is 16.8 Å². The minimum atomic E-state index is -4.06. The number of hydrogen-bond acceptors (Lipinski definition) is 3. The van der Waals surface area contributed by atoms with Crippen LogP contribution in [-0.2, 0) is 0 Å². The van der Waals surface area contributed by atoms with Crippen molar-refractivity contribution in [2.75, 3.05) is 19.6 Å². The summed E-state index contributed by atoms with van der Waals surface area (Å²) in [5.74, 6) is -0.988. The Morgan fingerprint density at radius 1 is 1.35 bits per heavy atom. The third-order valence-corrected chi connectivity index (χ3v) is 3.09. The lowest BCUT2D eigenvalue weighted by Crippen LogP contribution is -2.39. The van der Waals surface area contributed by atoms with E-state index in [9.17, 15) is 13.2 Å². The van der Waals surface area contributed by atoms with Crippen LogP contribution in [0.5, 0.6) is 0 Å². The molecule has 0 atom stereocenters. The van der Waals surface area contributed by atoms with Gasteiger partial charge in [0, 0.05) is 6.42 Å². The summed E-state index contributed by atoms with van der Waals surface area (Å²) < 4.78 is 37.2. The molecule has 1 aliphatic heterocycles. The molecule has 1 heterocycles. The van der Waals surface area contributed by atoms with Gasteiger partial charge in [0.25, 0.3) is 0 Å². The van der Waals surface area contributed by atoms with E-state index in [-0.39, 0.29) is 18.7 Å². The SMILES string of the molecule is NC(CCCN1CCC(C(F)(F)F)CC1)=NO. The van der Waals surface area contributed by atoms with Crippen LogP contribution >= 0.6 is 0 Å². The number of halogens is 3. The second-order valence-corrected chi connectivity index (χ2v) is 4.35. The van der Waals surface area contributed by atoms with Crippen molar-refractivity contribution in [1.82, 2.24) is 4.90 Å². The van der Waals surface area contributed by atoms with Crippen molar-refractivity contribution >= 4 is 5.84 Å². The fourth-order valence-corrected chi connectivity index (χ4v) is 2.02. The van der Waals surface area contributed by atoms with Gasteiger partial charge in [-0.05, 0) is 38.9 Å². The highest BCUT2D eigenvalue weighted by atomic mass is 19.4. The first kappa shape index (κ1) is 14.1. The van der Waals surface area contributed by atoms with E-state index in [4.69, 9.17) is 10.9 Å². The summed E-state index contributed by atoms with van der Waals surface area (Å²) in [5, 5.41) is 11.2. The van der Waals surface area contributed by atoms with Gasteiger partial charge < -0.3 is 15.8 Å². The molecule has 0 aromatic rings. The number of amidine groups is 1. The molecule has 1 rings (SSSR count). The van der Waals surface area contributed by atoms with Crippen molar-refractivity contribution in [2.45, 2.75) is 31.9 Å². The molecule has 1 saturated heterocycles. The van der Waals surface area contributed by atoms with E-state index in [0.29, 0.717) is 32.5 Å². The molecular formula is C10H18F3N3O. The molecule has 1 aliphatic rings. The summed E-state index contributed by atoms with van der Waals surface area (Å²) in [5.41, 5.74) is 5.30. The third kappa shape index (κ3) is 4.80. The highest BCUT2D eigenvalue weighted by Crippen LogP contribution is 2.33. The van der Waals surface area contributed by atoms with E-state index < -0.39 is 12.1 Å². The van der Waals surface area contributed by atoms with Crippen LogP contribution in [0, 0.1) is 5.92 Å². The van der Waals surface area contributed by atoms with E-state index in [2.05, 4.69) is 5.16 Å². The summed E-state index contributed by atoms with van der Waals surface area (Å²) in [4.78, 5) is 1.99. The number of alkyl halides is 3. The fourth-order valence-electron chi connectivity index (χ4n) is 2.02. The van der Waals surface area contributed by atoms with Gasteiger partial charge >= 0.3 is 6.18 Å². The van der Waals surface area contributed by atoms with Gasteiger partial charge in [-0.1, -0.05) is 5.16 Å². The zero-order valence-electron chi connectivity index (χ0n) is 9.58. The molecule has 0 aromatic heterocycles. The van der Waals surface area contributed by atoms with Crippen molar-refractivity contribution in [3.8, 4) is 0 Å². The second kappa shape index (κ2) is 6.09. The summed E-state index contributed by atoms with van der Waals surface area (Å²) in [6.07, 6.45) is -2.54. The Balaban J connectivity index is 2.19. The minimum absolute atomic E-state index is 0.162. The molecule has 0 unspecified atom stereocenters. The summed E-state index contributed by atoms with van der Waals surface area (Å²) >= 11 is 0. The fraction of sp³-hybridized carbons (Fsp3) is 0.900. The monoisotopic (exact) mass is 253 g/mol. The lowest BCUT2D eigenvalue weighted by atomic mass is 9.96. The minimum Gasteiger partial charge on any atom is -0.409 e. The molecule has 0 saturated carbocycles. The van der Waals surface area contributed by atoms with Crippen LogP contribution in [0.15, 0.2) is 5.16 Å². The van der Waals surface area contributed by atoms with Gasteiger partial charge in [0.05, 0.1) is 5.92 Å². The predicted molar refractivity (Wildman–Crippen MR) is 57.9 cm³/mol. The van der Waals surface area contributed by atoms with Gasteiger partial charge in [-0.2, -0.15) is 13.2 Å². The highest BCUT2D eigenvalue weighted by Gasteiger charge is 2.40. The van der Waals surface area contributed by atoms with Crippen molar-refractivity contribution < 1.29 is 18.4 Å². The molecule has 0 amide bonds. The number of likely N-dealkylation sites (tertiary alicyclic amines) is 1. The normalized spacial score (nSPS) is 20.8. The van der Waals surface area contributed by atoms with Crippen molar-refractivity contribution in [3.63, 3.8) is 0 Å². The largest absolute Gasteiger partial charge is 0.409 e. The van der Waals surface area contributed by atoms with Crippen molar-refractivity contribution in [1.29, 1.82) is 0 Å². The number of oxime groups is 1. The molecule has 0 spiro atoms. The Bertz CT molecular complexity index is 260. The van der Waals surface area contributed by atoms with Gasteiger partial charge in [-0.25, -0.2) is 0 Å². The average Bonchev–Trinajstić information content (AvgIpc) is 2.28. The van der Waals surface area contributed by atoms with Crippen LogP contribution in [0.25, 0.3) is 0 Å². The van der Waals surface area contributed by atoms with E-state index in [1.54, 1.807) is 0 Å². The molecule has 0 bridgehead atoms. The van der Waals surface area contributed by atoms with Crippen LogP contribution in [0.3, 0.4) is 0 Å². The van der Waals surface area contributed by atoms with Gasteiger partial charge in [-0.15, -0.1) is 0 Å². The van der Waals surface area contributed by atoms with Crippen LogP contribution in [0.4, 0.5) is 13.2 Å². The quantitative estimate of drug-likeness (QED) is 0.347. The molecule has 17 heavy (non-hydrogen) atoms. The number of nitrogens with zero attached hydrogens (tertiary/aromatic N) is 2. The highest BCUT2D eigenvalue weighted by molar-refractivity contribution is 5.79. The molecule has 0 aliphatic carbocycles. The van der Waals surface area contributed by atoms with Gasteiger partial charge in [0.15, 0.2) is 0 Å². The predicted octanol–water partition coefficient (Wildman–Crippen LogP) is 1.79. The van der Waals surface area contributed by atoms with Crippen LogP contribution < -0.4 is 5.73 Å². The van der Waals surface area contributed by atoms with Gasteiger partial charge in [0.1, 0.15) is 5.84 Å². The Morgan fingerprint density at radius 3 is 2.41 bits per heavy atom. The molecular weight excluding hydrogens is 235 g/mol. The first-order chi connectivity index (χ1) is 7.93. The van der Waals surface area contributed by atoms with E-state index in [0.717, 1.165) is 0 Å². The maximum absolute atomic E-state index is 12.4. The first-order valence-corrected chi connectivity index (χ1v) is 5.69. The number of piperidine rings is 1. The number of nitrogens with two attached hydrogens (primary N) is 1. The van der Waals surface area contributed by atoms with E-state index >= 15 is 0 Å². The molecule has 7 heteroatoms. The Labute approximate surface area is 98.3 Å². The number of rotatable bonds is 4. The Morgan fingerprint density at radius 2 is 1.94 bits per heavy atom. The Kier molecular flexibility index (Phi) is 5.04. The maximum atomic E-state index is 12.4. The van der Waals surface area contributed by atoms with Gasteiger partial charge in [-0.3, -0.25) is 0 Å². The molecule has 0 radical (unpaired) electrons. The summed E-state index contributed by atoms with van der Waals surface area (Å²) in [6.45, 7) is 1.64. The second-order valence-electron chi connectivity index (χ2n) is 4.35. The Hall–Kier alpha value is -0.980. The third-order valence-electron chi connectivity index (χ3n) is 3.09. The number of hydrogen-bond donors (Lipinski definition) is 2. The molecule has 3 N–H and O–H groups in total. The lowest BCUT2D eigenvalue weighted by Gasteiger charge is -2.32. The zero-order valence-corrected chi connectivity index (χ0v) is 9.58. The van der Waals surface area contributed by atoms with E-state index in [1.807, 2.05) is 4.90 Å². The van der Waals surface area contributed by atoms with Crippen molar-refractivity contribution in [3.05, 3.63) is 0 Å².